The first kappa shape index (κ1) is 18.9. The van der Waals surface area contributed by atoms with E-state index >= 15 is 0 Å². The number of hydrogen-bond acceptors (Lipinski definition) is 6. The van der Waals surface area contributed by atoms with Gasteiger partial charge in [-0.1, -0.05) is 29.8 Å². The molecule has 0 fully saturated rings. The second-order valence-electron chi connectivity index (χ2n) is 5.86. The highest BCUT2D eigenvalue weighted by atomic mass is 35.5. The minimum absolute atomic E-state index is 0.136. The van der Waals surface area contributed by atoms with Gasteiger partial charge in [0.05, 0.1) is 18.9 Å². The molecule has 0 radical (unpaired) electrons. The van der Waals surface area contributed by atoms with Crippen molar-refractivity contribution in [3.63, 3.8) is 0 Å². The van der Waals surface area contributed by atoms with Crippen molar-refractivity contribution in [2.24, 2.45) is 0 Å². The van der Waals surface area contributed by atoms with Gasteiger partial charge >= 0.3 is 5.56 Å². The molecular formula is C19H19ClN4O3. The molecule has 27 heavy (non-hydrogen) atoms. The SMILES string of the molecule is O=c1[nH]ncc(NCc2cccnc2)c1OCCC(O)c1ccc(Cl)cc1. The van der Waals surface area contributed by atoms with Crippen molar-refractivity contribution in [3.05, 3.63) is 81.5 Å². The van der Waals surface area contributed by atoms with Crippen LogP contribution >= 0.6 is 11.6 Å². The summed E-state index contributed by atoms with van der Waals surface area (Å²) >= 11 is 5.85. The summed E-state index contributed by atoms with van der Waals surface area (Å²) in [4.78, 5) is 16.1. The van der Waals surface area contributed by atoms with Gasteiger partial charge in [-0.3, -0.25) is 9.78 Å². The fourth-order valence-corrected chi connectivity index (χ4v) is 2.61. The first-order valence-electron chi connectivity index (χ1n) is 8.40. The quantitative estimate of drug-likeness (QED) is 0.550. The Bertz CT molecular complexity index is 916. The summed E-state index contributed by atoms with van der Waals surface area (Å²) in [5.74, 6) is 0.136. The number of aliphatic hydroxyl groups excluding tert-OH is 1. The normalized spacial score (nSPS) is 11.8. The maximum absolute atomic E-state index is 12.1. The number of halogens is 1. The molecule has 0 aliphatic heterocycles. The molecule has 1 atom stereocenters. The van der Waals surface area contributed by atoms with Crippen LogP contribution in [0.5, 0.6) is 5.75 Å². The molecule has 3 aromatic rings. The van der Waals surface area contributed by atoms with E-state index in [2.05, 4.69) is 20.5 Å². The van der Waals surface area contributed by atoms with E-state index in [1.165, 1.54) is 6.20 Å². The summed E-state index contributed by atoms with van der Waals surface area (Å²) in [5.41, 5.74) is 1.74. The molecule has 0 amide bonds. The molecule has 1 unspecified atom stereocenters. The number of aromatic nitrogens is 3. The summed E-state index contributed by atoms with van der Waals surface area (Å²) in [6, 6.07) is 10.7. The van der Waals surface area contributed by atoms with E-state index in [1.807, 2.05) is 12.1 Å². The van der Waals surface area contributed by atoms with Crippen LogP contribution in [0.2, 0.25) is 5.02 Å². The van der Waals surface area contributed by atoms with Crippen molar-refractivity contribution >= 4 is 17.3 Å². The van der Waals surface area contributed by atoms with Crippen LogP contribution in [0.15, 0.2) is 59.8 Å². The average molecular weight is 387 g/mol. The molecule has 0 spiro atoms. The van der Waals surface area contributed by atoms with Gasteiger partial charge in [-0.05, 0) is 29.3 Å². The Hall–Kier alpha value is -2.90. The van der Waals surface area contributed by atoms with Crippen molar-refractivity contribution in [1.29, 1.82) is 0 Å². The number of nitrogens with zero attached hydrogens (tertiary/aromatic N) is 2. The number of H-pyrrole nitrogens is 1. The Kier molecular flexibility index (Phi) is 6.40. The predicted octanol–water partition coefficient (Wildman–Crippen LogP) is 2.93. The van der Waals surface area contributed by atoms with E-state index in [0.717, 1.165) is 11.1 Å². The third kappa shape index (κ3) is 5.29. The number of ether oxygens (including phenoxy) is 1. The largest absolute Gasteiger partial charge is 0.486 e. The molecule has 2 heterocycles. The van der Waals surface area contributed by atoms with Crippen molar-refractivity contribution < 1.29 is 9.84 Å². The van der Waals surface area contributed by atoms with Crippen molar-refractivity contribution in [2.45, 2.75) is 19.1 Å². The lowest BCUT2D eigenvalue weighted by molar-refractivity contribution is 0.140. The van der Waals surface area contributed by atoms with Crippen LogP contribution in [-0.4, -0.2) is 26.9 Å². The first-order valence-corrected chi connectivity index (χ1v) is 8.78. The molecule has 2 aromatic heterocycles. The fourth-order valence-electron chi connectivity index (χ4n) is 2.48. The van der Waals surface area contributed by atoms with E-state index < -0.39 is 11.7 Å². The molecule has 3 N–H and O–H groups in total. The summed E-state index contributed by atoms with van der Waals surface area (Å²) < 4.78 is 5.62. The maximum Gasteiger partial charge on any atom is 0.308 e. The standard InChI is InChI=1S/C19H19ClN4O3/c20-15-5-3-14(4-6-15)17(25)7-9-27-18-16(12-23-24-19(18)26)22-11-13-2-1-8-21-10-13/h1-6,8,10,12,17,25H,7,9,11H2,(H2,22,24,26). The summed E-state index contributed by atoms with van der Waals surface area (Å²) in [5, 5.41) is 20.1. The van der Waals surface area contributed by atoms with Crippen LogP contribution in [-0.2, 0) is 6.54 Å². The first-order chi connectivity index (χ1) is 13.1. The third-order valence-corrected chi connectivity index (χ3v) is 4.16. The van der Waals surface area contributed by atoms with E-state index in [1.54, 1.807) is 36.7 Å². The zero-order valence-corrected chi connectivity index (χ0v) is 15.2. The summed E-state index contributed by atoms with van der Waals surface area (Å²) in [7, 11) is 0. The molecule has 3 rings (SSSR count). The molecule has 1 aromatic carbocycles. The number of aliphatic hydroxyl groups is 1. The number of hydrogen-bond donors (Lipinski definition) is 3. The number of nitrogens with one attached hydrogen (secondary N) is 2. The highest BCUT2D eigenvalue weighted by Crippen LogP contribution is 2.22. The van der Waals surface area contributed by atoms with Crippen molar-refractivity contribution in [1.82, 2.24) is 15.2 Å². The van der Waals surface area contributed by atoms with E-state index in [9.17, 15) is 9.90 Å². The molecular weight excluding hydrogens is 368 g/mol. The lowest BCUT2D eigenvalue weighted by Crippen LogP contribution is -2.17. The van der Waals surface area contributed by atoms with Gasteiger partial charge < -0.3 is 15.2 Å². The van der Waals surface area contributed by atoms with Crippen LogP contribution in [0.25, 0.3) is 0 Å². The van der Waals surface area contributed by atoms with Crippen molar-refractivity contribution in [3.8, 4) is 5.75 Å². The van der Waals surface area contributed by atoms with Gasteiger partial charge in [-0.25, -0.2) is 5.10 Å². The molecule has 0 aliphatic rings. The molecule has 0 saturated carbocycles. The molecule has 8 heteroatoms. The number of anilines is 1. The van der Waals surface area contributed by atoms with Gasteiger partial charge in [0.1, 0.15) is 5.69 Å². The van der Waals surface area contributed by atoms with Crippen LogP contribution in [0.4, 0.5) is 5.69 Å². The van der Waals surface area contributed by atoms with Crippen LogP contribution in [0, 0.1) is 0 Å². The van der Waals surface area contributed by atoms with Gasteiger partial charge in [0, 0.05) is 30.4 Å². The minimum atomic E-state index is -0.713. The van der Waals surface area contributed by atoms with Crippen LogP contribution in [0.1, 0.15) is 23.7 Å². The highest BCUT2D eigenvalue weighted by Gasteiger charge is 2.12. The topological polar surface area (TPSA) is 100 Å². The molecule has 0 saturated heterocycles. The average Bonchev–Trinajstić information content (AvgIpc) is 2.69. The predicted molar refractivity (Wildman–Crippen MR) is 103 cm³/mol. The number of pyridine rings is 1. The number of aromatic amines is 1. The smallest absolute Gasteiger partial charge is 0.308 e. The zero-order chi connectivity index (χ0) is 19.1. The Morgan fingerprint density at radius 1 is 1.22 bits per heavy atom. The molecule has 0 aliphatic carbocycles. The summed E-state index contributed by atoms with van der Waals surface area (Å²) in [6.07, 6.45) is 4.53. The Balaban J connectivity index is 1.60. The highest BCUT2D eigenvalue weighted by molar-refractivity contribution is 6.30. The third-order valence-electron chi connectivity index (χ3n) is 3.91. The van der Waals surface area contributed by atoms with Gasteiger partial charge in [0.25, 0.3) is 0 Å². The summed E-state index contributed by atoms with van der Waals surface area (Å²) in [6.45, 7) is 0.640. The molecule has 0 bridgehead atoms. The maximum atomic E-state index is 12.1. The van der Waals surface area contributed by atoms with E-state index in [-0.39, 0.29) is 12.4 Å². The zero-order valence-electron chi connectivity index (χ0n) is 14.4. The monoisotopic (exact) mass is 386 g/mol. The Morgan fingerprint density at radius 3 is 2.78 bits per heavy atom. The second kappa shape index (κ2) is 9.16. The Labute approximate surface area is 161 Å². The lowest BCUT2D eigenvalue weighted by Gasteiger charge is -2.14. The van der Waals surface area contributed by atoms with Crippen LogP contribution in [0.3, 0.4) is 0 Å². The van der Waals surface area contributed by atoms with Gasteiger partial charge in [-0.2, -0.15) is 5.10 Å². The van der Waals surface area contributed by atoms with Gasteiger partial charge in [0.2, 0.25) is 5.75 Å². The second-order valence-corrected chi connectivity index (χ2v) is 6.30. The molecule has 140 valence electrons. The van der Waals surface area contributed by atoms with E-state index in [0.29, 0.717) is 23.7 Å². The van der Waals surface area contributed by atoms with E-state index in [4.69, 9.17) is 16.3 Å². The van der Waals surface area contributed by atoms with Crippen LogP contribution < -0.4 is 15.6 Å². The molecule has 7 nitrogen and oxygen atoms in total. The number of benzene rings is 1. The van der Waals surface area contributed by atoms with Gasteiger partial charge in [0.15, 0.2) is 0 Å². The van der Waals surface area contributed by atoms with Gasteiger partial charge in [-0.15, -0.1) is 0 Å². The fraction of sp³-hybridized carbons (Fsp3) is 0.211. The van der Waals surface area contributed by atoms with Crippen molar-refractivity contribution in [2.75, 3.05) is 11.9 Å². The number of rotatable bonds is 8. The Morgan fingerprint density at radius 2 is 2.04 bits per heavy atom. The minimum Gasteiger partial charge on any atom is -0.486 e. The lowest BCUT2D eigenvalue weighted by atomic mass is 10.1.